The molecule has 1 aromatic rings. The first kappa shape index (κ1) is 17.8. The highest BCUT2D eigenvalue weighted by Gasteiger charge is 2.44. The van der Waals surface area contributed by atoms with Gasteiger partial charge in [0.1, 0.15) is 5.75 Å². The molecule has 2 rings (SSSR count). The van der Waals surface area contributed by atoms with Crippen LogP contribution < -0.4 is 4.74 Å². The van der Waals surface area contributed by atoms with Crippen molar-refractivity contribution >= 4 is 5.97 Å². The highest BCUT2D eigenvalue weighted by molar-refractivity contribution is 5.75. The van der Waals surface area contributed by atoms with Crippen molar-refractivity contribution < 1.29 is 14.3 Å². The Bertz CT molecular complexity index is 556. The summed E-state index contributed by atoms with van der Waals surface area (Å²) in [5.41, 5.74) is 2.65. The van der Waals surface area contributed by atoms with Crippen LogP contribution in [0.2, 0.25) is 0 Å². The summed E-state index contributed by atoms with van der Waals surface area (Å²) in [6.07, 6.45) is 3.12. The molecule has 0 N–H and O–H groups in total. The van der Waals surface area contributed by atoms with Crippen molar-refractivity contribution in [1.82, 2.24) is 0 Å². The Balaban J connectivity index is 2.17. The number of methoxy groups -OCH3 is 2. The Morgan fingerprint density at radius 1 is 1.30 bits per heavy atom. The van der Waals surface area contributed by atoms with E-state index in [4.69, 9.17) is 9.47 Å². The molecule has 0 heterocycles. The molecule has 23 heavy (non-hydrogen) atoms. The lowest BCUT2D eigenvalue weighted by molar-refractivity contribution is -0.142. The zero-order chi connectivity index (χ0) is 17.2. The lowest BCUT2D eigenvalue weighted by atomic mass is 9.82. The summed E-state index contributed by atoms with van der Waals surface area (Å²) >= 11 is 0. The van der Waals surface area contributed by atoms with Gasteiger partial charge in [0.2, 0.25) is 0 Å². The lowest BCUT2D eigenvalue weighted by Gasteiger charge is -2.25. The van der Waals surface area contributed by atoms with Gasteiger partial charge in [-0.05, 0) is 53.7 Å². The van der Waals surface area contributed by atoms with E-state index in [2.05, 4.69) is 45.9 Å². The van der Waals surface area contributed by atoms with Crippen molar-refractivity contribution in [2.45, 2.75) is 58.3 Å². The molecule has 3 unspecified atom stereocenters. The quantitative estimate of drug-likeness (QED) is 0.714. The topological polar surface area (TPSA) is 35.5 Å². The van der Waals surface area contributed by atoms with E-state index in [-0.39, 0.29) is 17.3 Å². The summed E-state index contributed by atoms with van der Waals surface area (Å²) in [5.74, 6) is 1.99. The average molecular weight is 318 g/mol. The highest BCUT2D eigenvalue weighted by Crippen LogP contribution is 2.47. The van der Waals surface area contributed by atoms with Crippen molar-refractivity contribution in [1.29, 1.82) is 0 Å². The number of benzene rings is 1. The average Bonchev–Trinajstić information content (AvgIpc) is 3.29. The molecule has 0 amide bonds. The predicted molar refractivity (Wildman–Crippen MR) is 93.0 cm³/mol. The Kier molecular flexibility index (Phi) is 5.38. The Labute approximate surface area is 140 Å². The molecule has 1 fully saturated rings. The summed E-state index contributed by atoms with van der Waals surface area (Å²) < 4.78 is 10.4. The van der Waals surface area contributed by atoms with Crippen LogP contribution in [0.5, 0.6) is 5.75 Å². The molecule has 1 saturated carbocycles. The van der Waals surface area contributed by atoms with Gasteiger partial charge in [-0.15, -0.1) is 0 Å². The number of carbonyl (C=O) groups is 1. The van der Waals surface area contributed by atoms with Crippen LogP contribution in [-0.4, -0.2) is 20.2 Å². The molecule has 3 atom stereocenters. The lowest BCUT2D eigenvalue weighted by Crippen LogP contribution is -2.14. The van der Waals surface area contributed by atoms with E-state index >= 15 is 0 Å². The minimum atomic E-state index is -0.0463. The van der Waals surface area contributed by atoms with Gasteiger partial charge in [-0.2, -0.15) is 0 Å². The van der Waals surface area contributed by atoms with Crippen LogP contribution in [0.3, 0.4) is 0 Å². The standard InChI is InChI=1S/C20H30O3/c1-7-13(10-15-11-16(15)19(21)23-6)14-8-9-18(22-5)17(12-14)20(2,3)4/h8-9,12-13,15-16H,7,10-11H2,1-6H3. The third-order valence-electron chi connectivity index (χ3n) is 5.01. The molecule has 128 valence electrons. The van der Waals surface area contributed by atoms with Gasteiger partial charge in [-0.25, -0.2) is 0 Å². The number of carbonyl (C=O) groups excluding carboxylic acids is 1. The maximum Gasteiger partial charge on any atom is 0.308 e. The number of hydrogen-bond acceptors (Lipinski definition) is 3. The molecule has 1 aromatic carbocycles. The van der Waals surface area contributed by atoms with Gasteiger partial charge >= 0.3 is 5.97 Å². The monoisotopic (exact) mass is 318 g/mol. The third kappa shape index (κ3) is 4.07. The van der Waals surface area contributed by atoms with Crippen LogP contribution in [0.1, 0.15) is 64.0 Å². The van der Waals surface area contributed by atoms with Crippen LogP contribution in [0.4, 0.5) is 0 Å². The van der Waals surface area contributed by atoms with Crippen LogP contribution in [0, 0.1) is 11.8 Å². The van der Waals surface area contributed by atoms with Crippen molar-refractivity contribution in [3.05, 3.63) is 29.3 Å². The predicted octanol–water partition coefficient (Wildman–Crippen LogP) is 4.69. The van der Waals surface area contributed by atoms with Gasteiger partial charge < -0.3 is 9.47 Å². The second-order valence-electron chi connectivity index (χ2n) is 7.68. The van der Waals surface area contributed by atoms with E-state index < -0.39 is 0 Å². The van der Waals surface area contributed by atoms with Crippen LogP contribution >= 0.6 is 0 Å². The van der Waals surface area contributed by atoms with Crippen LogP contribution in [-0.2, 0) is 14.9 Å². The Morgan fingerprint density at radius 3 is 2.52 bits per heavy atom. The maximum absolute atomic E-state index is 11.6. The number of rotatable bonds is 6. The van der Waals surface area contributed by atoms with E-state index in [0.717, 1.165) is 25.0 Å². The summed E-state index contributed by atoms with van der Waals surface area (Å²) in [7, 11) is 3.21. The molecule has 3 nitrogen and oxygen atoms in total. The molecule has 0 bridgehead atoms. The second-order valence-corrected chi connectivity index (χ2v) is 7.68. The Hall–Kier alpha value is -1.51. The van der Waals surface area contributed by atoms with Gasteiger partial charge in [0.15, 0.2) is 0 Å². The molecule has 0 aliphatic heterocycles. The van der Waals surface area contributed by atoms with Crippen molar-refractivity contribution in [2.24, 2.45) is 11.8 Å². The fraction of sp³-hybridized carbons (Fsp3) is 0.650. The maximum atomic E-state index is 11.6. The molecule has 3 heteroatoms. The second kappa shape index (κ2) is 6.94. The van der Waals surface area contributed by atoms with Gasteiger partial charge in [0.05, 0.1) is 20.1 Å². The molecule has 1 aliphatic carbocycles. The SMILES string of the molecule is CCC(CC1CC1C(=O)OC)c1ccc(OC)c(C(C)(C)C)c1. The molecule has 0 aromatic heterocycles. The van der Waals surface area contributed by atoms with Gasteiger partial charge in [0, 0.05) is 0 Å². The normalized spacial score (nSPS) is 21.7. The van der Waals surface area contributed by atoms with Gasteiger partial charge in [-0.1, -0.05) is 39.8 Å². The molecule has 0 spiro atoms. The smallest absolute Gasteiger partial charge is 0.308 e. The van der Waals surface area contributed by atoms with E-state index in [9.17, 15) is 4.79 Å². The van der Waals surface area contributed by atoms with E-state index in [0.29, 0.717) is 11.8 Å². The number of hydrogen-bond donors (Lipinski definition) is 0. The summed E-state index contributed by atoms with van der Waals surface area (Å²) in [5, 5.41) is 0. The summed E-state index contributed by atoms with van der Waals surface area (Å²) in [6.45, 7) is 8.86. The van der Waals surface area contributed by atoms with Crippen molar-refractivity contribution in [3.63, 3.8) is 0 Å². The molecular weight excluding hydrogens is 288 g/mol. The largest absolute Gasteiger partial charge is 0.496 e. The number of ether oxygens (including phenoxy) is 2. The third-order valence-corrected chi connectivity index (χ3v) is 5.01. The fourth-order valence-corrected chi connectivity index (χ4v) is 3.42. The summed E-state index contributed by atoms with van der Waals surface area (Å²) in [6, 6.07) is 6.56. The first-order chi connectivity index (χ1) is 10.8. The van der Waals surface area contributed by atoms with Crippen LogP contribution in [0.25, 0.3) is 0 Å². The van der Waals surface area contributed by atoms with Gasteiger partial charge in [0.25, 0.3) is 0 Å². The first-order valence-electron chi connectivity index (χ1n) is 8.58. The molecular formula is C20H30O3. The van der Waals surface area contributed by atoms with Gasteiger partial charge in [-0.3, -0.25) is 4.79 Å². The zero-order valence-corrected chi connectivity index (χ0v) is 15.3. The van der Waals surface area contributed by atoms with E-state index in [1.54, 1.807) is 7.11 Å². The summed E-state index contributed by atoms with van der Waals surface area (Å²) in [4.78, 5) is 11.6. The van der Waals surface area contributed by atoms with E-state index in [1.807, 2.05) is 0 Å². The zero-order valence-electron chi connectivity index (χ0n) is 15.3. The number of esters is 1. The highest BCUT2D eigenvalue weighted by atomic mass is 16.5. The minimum absolute atomic E-state index is 0.0463. The minimum Gasteiger partial charge on any atom is -0.496 e. The van der Waals surface area contributed by atoms with Crippen molar-refractivity contribution in [2.75, 3.05) is 14.2 Å². The van der Waals surface area contributed by atoms with E-state index in [1.165, 1.54) is 18.2 Å². The Morgan fingerprint density at radius 2 is 2.00 bits per heavy atom. The molecule has 1 aliphatic rings. The first-order valence-corrected chi connectivity index (χ1v) is 8.58. The molecule has 0 saturated heterocycles. The fourth-order valence-electron chi connectivity index (χ4n) is 3.42. The van der Waals surface area contributed by atoms with Crippen LogP contribution in [0.15, 0.2) is 18.2 Å². The molecule has 0 radical (unpaired) electrons. The van der Waals surface area contributed by atoms with Crippen molar-refractivity contribution in [3.8, 4) is 5.75 Å².